The molecule has 1 N–H and O–H groups in total. The molecule has 1 unspecified atom stereocenters. The first-order valence-corrected chi connectivity index (χ1v) is 9.47. The molecule has 7 nitrogen and oxygen atoms in total. The number of amides is 1. The van der Waals surface area contributed by atoms with Crippen LogP contribution in [0.1, 0.15) is 13.8 Å². The maximum Gasteiger partial charge on any atom is 0.282 e. The maximum absolute atomic E-state index is 12.1. The van der Waals surface area contributed by atoms with Crippen molar-refractivity contribution in [2.75, 3.05) is 32.8 Å². The first kappa shape index (κ1) is 19.6. The topological polar surface area (TPSA) is 76.5 Å². The molecule has 9 heteroatoms. The van der Waals surface area contributed by atoms with Gasteiger partial charge in [0.2, 0.25) is 5.91 Å². The van der Waals surface area contributed by atoms with Crippen molar-refractivity contribution in [2.45, 2.75) is 26.5 Å². The SMILES string of the molecule is CC(C)CN1CCOC(CNC(=O)Cn2ncc(Br)c(Br)c2=O)C1. The van der Waals surface area contributed by atoms with Gasteiger partial charge in [0.05, 0.1) is 23.4 Å². The molecular formula is C15H22Br2N4O3. The molecular weight excluding hydrogens is 444 g/mol. The van der Waals surface area contributed by atoms with Gasteiger partial charge >= 0.3 is 0 Å². The summed E-state index contributed by atoms with van der Waals surface area (Å²) in [6, 6.07) is 0. The molecule has 2 heterocycles. The Morgan fingerprint density at radius 3 is 2.96 bits per heavy atom. The maximum atomic E-state index is 12.1. The summed E-state index contributed by atoms with van der Waals surface area (Å²) in [7, 11) is 0. The highest BCUT2D eigenvalue weighted by Crippen LogP contribution is 2.16. The average Bonchev–Trinajstić information content (AvgIpc) is 2.53. The highest BCUT2D eigenvalue weighted by molar-refractivity contribution is 9.13. The lowest BCUT2D eigenvalue weighted by Crippen LogP contribution is -2.49. The molecule has 1 aliphatic heterocycles. The third-order valence-corrected chi connectivity index (χ3v) is 5.51. The zero-order valence-electron chi connectivity index (χ0n) is 13.8. The summed E-state index contributed by atoms with van der Waals surface area (Å²) in [4.78, 5) is 26.4. The van der Waals surface area contributed by atoms with Crippen LogP contribution < -0.4 is 10.9 Å². The zero-order valence-corrected chi connectivity index (χ0v) is 17.0. The molecule has 0 radical (unpaired) electrons. The summed E-state index contributed by atoms with van der Waals surface area (Å²) >= 11 is 6.38. The van der Waals surface area contributed by atoms with Gasteiger partial charge in [0, 0.05) is 26.2 Å². The Balaban J connectivity index is 1.83. The van der Waals surface area contributed by atoms with E-state index in [0.29, 0.717) is 28.0 Å². The number of ether oxygens (including phenoxy) is 1. The van der Waals surface area contributed by atoms with Gasteiger partial charge < -0.3 is 10.1 Å². The number of nitrogens with one attached hydrogen (secondary N) is 1. The van der Waals surface area contributed by atoms with Gasteiger partial charge in [-0.3, -0.25) is 14.5 Å². The van der Waals surface area contributed by atoms with Crippen LogP contribution in [0.25, 0.3) is 0 Å². The number of rotatable bonds is 6. The molecule has 1 atom stereocenters. The molecule has 0 aliphatic carbocycles. The normalized spacial score (nSPS) is 18.8. The zero-order chi connectivity index (χ0) is 17.7. The van der Waals surface area contributed by atoms with Crippen molar-refractivity contribution in [2.24, 2.45) is 5.92 Å². The van der Waals surface area contributed by atoms with Crippen molar-refractivity contribution in [1.29, 1.82) is 0 Å². The predicted molar refractivity (Wildman–Crippen MR) is 97.9 cm³/mol. The highest BCUT2D eigenvalue weighted by Gasteiger charge is 2.21. The Labute approximate surface area is 158 Å². The second-order valence-corrected chi connectivity index (χ2v) is 7.87. The standard InChI is InChI=1S/C15H22Br2N4O3/c1-10(2)7-20-3-4-24-11(8-20)5-18-13(22)9-21-15(23)14(17)12(16)6-19-21/h6,10-11H,3-5,7-9H2,1-2H3,(H,18,22). The fourth-order valence-electron chi connectivity index (χ4n) is 2.56. The number of halogens is 2. The van der Waals surface area contributed by atoms with Gasteiger partial charge in [0.15, 0.2) is 0 Å². The van der Waals surface area contributed by atoms with Crippen LogP contribution in [0.2, 0.25) is 0 Å². The molecule has 0 bridgehead atoms. The molecule has 2 rings (SSSR count). The van der Waals surface area contributed by atoms with E-state index in [9.17, 15) is 9.59 Å². The first-order chi connectivity index (χ1) is 11.4. The van der Waals surface area contributed by atoms with Crippen LogP contribution in [-0.2, 0) is 16.1 Å². The number of aromatic nitrogens is 2. The molecule has 1 saturated heterocycles. The molecule has 1 aromatic heterocycles. The minimum atomic E-state index is -0.350. The van der Waals surface area contributed by atoms with E-state index in [1.165, 1.54) is 6.20 Å². The summed E-state index contributed by atoms with van der Waals surface area (Å²) in [5.74, 6) is 0.343. The first-order valence-electron chi connectivity index (χ1n) is 7.88. The minimum Gasteiger partial charge on any atom is -0.374 e. The number of carbonyl (C=O) groups excluding carboxylic acids is 1. The lowest BCUT2D eigenvalue weighted by Gasteiger charge is -2.33. The second kappa shape index (κ2) is 9.07. The van der Waals surface area contributed by atoms with E-state index >= 15 is 0 Å². The molecule has 1 aromatic rings. The van der Waals surface area contributed by atoms with Gasteiger partial charge in [0.1, 0.15) is 11.0 Å². The van der Waals surface area contributed by atoms with Crippen LogP contribution in [0, 0.1) is 5.92 Å². The summed E-state index contributed by atoms with van der Waals surface area (Å²) < 4.78 is 7.73. The lowest BCUT2D eigenvalue weighted by molar-refractivity contribution is -0.123. The van der Waals surface area contributed by atoms with Gasteiger partial charge in [0.25, 0.3) is 5.56 Å². The fourth-order valence-corrected chi connectivity index (χ4v) is 3.13. The van der Waals surface area contributed by atoms with Crippen molar-refractivity contribution in [3.63, 3.8) is 0 Å². The Morgan fingerprint density at radius 1 is 1.50 bits per heavy atom. The van der Waals surface area contributed by atoms with E-state index in [4.69, 9.17) is 4.74 Å². The summed E-state index contributed by atoms with van der Waals surface area (Å²) in [6.07, 6.45) is 1.45. The molecule has 0 saturated carbocycles. The molecule has 134 valence electrons. The average molecular weight is 466 g/mol. The van der Waals surface area contributed by atoms with E-state index in [1.54, 1.807) is 0 Å². The monoisotopic (exact) mass is 464 g/mol. The van der Waals surface area contributed by atoms with E-state index < -0.39 is 0 Å². The van der Waals surface area contributed by atoms with Crippen molar-refractivity contribution in [3.8, 4) is 0 Å². The van der Waals surface area contributed by atoms with Crippen molar-refractivity contribution < 1.29 is 9.53 Å². The molecule has 1 amide bonds. The van der Waals surface area contributed by atoms with E-state index in [2.05, 4.69) is 61.0 Å². The smallest absolute Gasteiger partial charge is 0.282 e. The Kier molecular flexibility index (Phi) is 7.39. The number of nitrogens with zero attached hydrogens (tertiary/aromatic N) is 3. The Hall–Kier alpha value is -0.770. The highest BCUT2D eigenvalue weighted by atomic mass is 79.9. The number of morpholine rings is 1. The van der Waals surface area contributed by atoms with Crippen LogP contribution in [0.5, 0.6) is 0 Å². The summed E-state index contributed by atoms with van der Waals surface area (Å²) in [6.45, 7) is 8.12. The van der Waals surface area contributed by atoms with E-state index in [1.807, 2.05) is 0 Å². The number of carbonyl (C=O) groups is 1. The van der Waals surface area contributed by atoms with Crippen molar-refractivity contribution >= 4 is 37.8 Å². The number of hydrogen-bond acceptors (Lipinski definition) is 5. The van der Waals surface area contributed by atoms with Crippen LogP contribution in [0.3, 0.4) is 0 Å². The van der Waals surface area contributed by atoms with E-state index in [-0.39, 0.29) is 24.1 Å². The minimum absolute atomic E-state index is 0.0252. The van der Waals surface area contributed by atoms with Crippen LogP contribution >= 0.6 is 31.9 Å². The van der Waals surface area contributed by atoms with Crippen LogP contribution in [-0.4, -0.2) is 59.5 Å². The van der Waals surface area contributed by atoms with Crippen LogP contribution in [0.4, 0.5) is 0 Å². The summed E-state index contributed by atoms with van der Waals surface area (Å²) in [5.41, 5.74) is -0.350. The summed E-state index contributed by atoms with van der Waals surface area (Å²) in [5, 5.41) is 6.76. The quantitative estimate of drug-likeness (QED) is 0.683. The molecule has 1 fully saturated rings. The van der Waals surface area contributed by atoms with E-state index in [0.717, 1.165) is 24.3 Å². The van der Waals surface area contributed by atoms with Gasteiger partial charge in [-0.25, -0.2) is 4.68 Å². The predicted octanol–water partition coefficient (Wildman–Crippen LogP) is 1.24. The third kappa shape index (κ3) is 5.65. The molecule has 0 aromatic carbocycles. The largest absolute Gasteiger partial charge is 0.374 e. The van der Waals surface area contributed by atoms with Crippen molar-refractivity contribution in [3.05, 3.63) is 25.5 Å². The Bertz CT molecular complexity index is 636. The second-order valence-electron chi connectivity index (χ2n) is 6.22. The molecule has 1 aliphatic rings. The number of hydrogen-bond donors (Lipinski definition) is 1. The van der Waals surface area contributed by atoms with Gasteiger partial charge in [-0.15, -0.1) is 0 Å². The lowest BCUT2D eigenvalue weighted by atomic mass is 10.2. The van der Waals surface area contributed by atoms with Gasteiger partial charge in [-0.1, -0.05) is 13.8 Å². The van der Waals surface area contributed by atoms with Crippen LogP contribution in [0.15, 0.2) is 19.9 Å². The van der Waals surface area contributed by atoms with Gasteiger partial charge in [-0.05, 0) is 37.8 Å². The molecule has 24 heavy (non-hydrogen) atoms. The molecule has 0 spiro atoms. The third-order valence-electron chi connectivity index (χ3n) is 3.61. The fraction of sp³-hybridized carbons (Fsp3) is 0.667. The van der Waals surface area contributed by atoms with Gasteiger partial charge in [-0.2, -0.15) is 5.10 Å². The Morgan fingerprint density at radius 2 is 2.25 bits per heavy atom. The van der Waals surface area contributed by atoms with Crippen molar-refractivity contribution in [1.82, 2.24) is 20.0 Å².